The number of rotatable bonds is 1. The van der Waals surface area contributed by atoms with Crippen LogP contribution in [0.3, 0.4) is 0 Å². The quantitative estimate of drug-likeness (QED) is 0.593. The van der Waals surface area contributed by atoms with Gasteiger partial charge in [0, 0.05) is 11.3 Å². The maximum atomic E-state index is 12.6. The van der Waals surface area contributed by atoms with Gasteiger partial charge < -0.3 is 0 Å². The smallest absolute Gasteiger partial charge is 0.260 e. The van der Waals surface area contributed by atoms with Gasteiger partial charge >= 0.3 is 0 Å². The van der Waals surface area contributed by atoms with E-state index < -0.39 is 10.8 Å². The molecule has 0 N–H and O–H groups in total. The highest BCUT2D eigenvalue weighted by Crippen LogP contribution is 2.40. The minimum atomic E-state index is -1.57. The zero-order valence-corrected chi connectivity index (χ0v) is 11.6. The summed E-state index contributed by atoms with van der Waals surface area (Å²) in [7, 11) is 0. The van der Waals surface area contributed by atoms with Crippen LogP contribution in [0.4, 0.5) is 11.4 Å². The van der Waals surface area contributed by atoms with E-state index in [4.69, 9.17) is 11.6 Å². The summed E-state index contributed by atoms with van der Waals surface area (Å²) in [6, 6.07) is 16.2. The van der Waals surface area contributed by atoms with Crippen molar-refractivity contribution in [3.05, 3.63) is 60.2 Å². The van der Waals surface area contributed by atoms with E-state index in [2.05, 4.69) is 0 Å². The number of amides is 1. The Hall–Kier alpha value is -2.13. The van der Waals surface area contributed by atoms with Crippen LogP contribution in [-0.4, -0.2) is 16.6 Å². The zero-order valence-electron chi connectivity index (χ0n) is 10.8. The molecule has 3 rings (SSSR count). The van der Waals surface area contributed by atoms with E-state index in [0.717, 1.165) is 0 Å². The minimum absolute atomic E-state index is 0.355. The van der Waals surface area contributed by atoms with Crippen LogP contribution in [0.5, 0.6) is 0 Å². The van der Waals surface area contributed by atoms with Gasteiger partial charge in [-0.1, -0.05) is 41.9 Å². The largest absolute Gasteiger partial charge is 0.292 e. The summed E-state index contributed by atoms with van der Waals surface area (Å²) in [5.74, 6) is -0.777. The van der Waals surface area contributed by atoms with E-state index in [1.54, 1.807) is 24.3 Å². The standard InChI is InChI=1S/C16H12ClNO2/c1-16(17)14(19)12-9-5-6-10-13(12)18(15(16)20)11-7-3-2-4-8-11/h2-10H,1H3/t16-/m0/s1. The molecule has 1 amide bonds. The molecule has 0 saturated heterocycles. The van der Waals surface area contributed by atoms with E-state index in [1.807, 2.05) is 30.3 Å². The van der Waals surface area contributed by atoms with Gasteiger partial charge in [0.15, 0.2) is 10.7 Å². The SMILES string of the molecule is C[C@]1(Cl)C(=O)c2ccccc2N(c2ccccc2)C1=O. The Kier molecular flexibility index (Phi) is 2.87. The first kappa shape index (κ1) is 12.9. The van der Waals surface area contributed by atoms with E-state index in [1.165, 1.54) is 11.8 Å². The maximum absolute atomic E-state index is 12.6. The van der Waals surface area contributed by atoms with Gasteiger partial charge in [0.25, 0.3) is 5.91 Å². The van der Waals surface area contributed by atoms with Crippen molar-refractivity contribution in [1.82, 2.24) is 0 Å². The number of fused-ring (bicyclic) bond motifs is 1. The molecule has 4 heteroatoms. The van der Waals surface area contributed by atoms with Crippen molar-refractivity contribution in [3.63, 3.8) is 0 Å². The monoisotopic (exact) mass is 285 g/mol. The first-order valence-corrected chi connectivity index (χ1v) is 6.63. The van der Waals surface area contributed by atoms with Crippen LogP contribution < -0.4 is 4.90 Å². The zero-order chi connectivity index (χ0) is 14.3. The molecule has 0 aromatic heterocycles. The Morgan fingerprint density at radius 2 is 1.55 bits per heavy atom. The van der Waals surface area contributed by atoms with Crippen molar-refractivity contribution in [3.8, 4) is 0 Å². The Labute approximate surface area is 121 Å². The molecular weight excluding hydrogens is 274 g/mol. The van der Waals surface area contributed by atoms with Gasteiger partial charge in [-0.25, -0.2) is 0 Å². The van der Waals surface area contributed by atoms with Crippen molar-refractivity contribution in [1.29, 1.82) is 0 Å². The lowest BCUT2D eigenvalue weighted by Gasteiger charge is -2.35. The highest BCUT2D eigenvalue weighted by Gasteiger charge is 2.48. The number of anilines is 2. The summed E-state index contributed by atoms with van der Waals surface area (Å²) >= 11 is 6.20. The number of ketones is 1. The van der Waals surface area contributed by atoms with Crippen molar-refractivity contribution in [2.24, 2.45) is 0 Å². The average Bonchev–Trinajstić information content (AvgIpc) is 2.47. The molecule has 0 fully saturated rings. The first-order valence-electron chi connectivity index (χ1n) is 6.26. The summed E-state index contributed by atoms with van der Waals surface area (Å²) in [5, 5.41) is 0. The molecule has 100 valence electrons. The summed E-state index contributed by atoms with van der Waals surface area (Å²) < 4.78 is 0. The molecule has 0 spiro atoms. The Morgan fingerprint density at radius 3 is 2.25 bits per heavy atom. The van der Waals surface area contributed by atoms with Crippen molar-refractivity contribution >= 4 is 34.7 Å². The van der Waals surface area contributed by atoms with Gasteiger partial charge in [0.2, 0.25) is 0 Å². The summed E-state index contributed by atoms with van der Waals surface area (Å²) in [6.45, 7) is 1.45. The molecule has 0 unspecified atom stereocenters. The number of hydrogen-bond acceptors (Lipinski definition) is 2. The van der Waals surface area contributed by atoms with Crippen molar-refractivity contribution < 1.29 is 9.59 Å². The van der Waals surface area contributed by atoms with E-state index in [9.17, 15) is 9.59 Å². The van der Waals surface area contributed by atoms with Crippen LogP contribution in [0.25, 0.3) is 0 Å². The number of alkyl halides is 1. The molecule has 2 aromatic carbocycles. The van der Waals surface area contributed by atoms with Crippen LogP contribution in [0.2, 0.25) is 0 Å². The molecule has 0 radical (unpaired) electrons. The first-order chi connectivity index (χ1) is 9.53. The number of nitrogens with zero attached hydrogens (tertiary/aromatic N) is 1. The second kappa shape index (κ2) is 4.46. The number of para-hydroxylation sites is 2. The van der Waals surface area contributed by atoms with Crippen molar-refractivity contribution in [2.45, 2.75) is 11.8 Å². The average molecular weight is 286 g/mol. The second-order valence-corrected chi connectivity index (χ2v) is 5.58. The maximum Gasteiger partial charge on any atom is 0.260 e. The normalized spacial score (nSPS) is 21.8. The molecule has 0 aliphatic carbocycles. The molecule has 3 nitrogen and oxygen atoms in total. The summed E-state index contributed by atoms with van der Waals surface area (Å²) in [6.07, 6.45) is 0. The number of benzene rings is 2. The van der Waals surface area contributed by atoms with Crippen molar-refractivity contribution in [2.75, 3.05) is 4.90 Å². The Balaban J connectivity index is 2.26. The molecule has 0 saturated carbocycles. The third kappa shape index (κ3) is 1.74. The topological polar surface area (TPSA) is 37.4 Å². The predicted molar refractivity (Wildman–Crippen MR) is 78.6 cm³/mol. The summed E-state index contributed by atoms with van der Waals surface area (Å²) in [4.78, 5) is 24.9. The molecule has 0 bridgehead atoms. The lowest BCUT2D eigenvalue weighted by molar-refractivity contribution is -0.119. The number of carbonyl (C=O) groups is 2. The van der Waals surface area contributed by atoms with E-state index >= 15 is 0 Å². The summed E-state index contributed by atoms with van der Waals surface area (Å²) in [5.41, 5.74) is 1.74. The fourth-order valence-corrected chi connectivity index (χ4v) is 2.55. The van der Waals surface area contributed by atoms with E-state index in [0.29, 0.717) is 16.9 Å². The highest BCUT2D eigenvalue weighted by atomic mass is 35.5. The molecule has 1 aliphatic rings. The van der Waals surface area contributed by atoms with Gasteiger partial charge in [-0.3, -0.25) is 14.5 Å². The van der Waals surface area contributed by atoms with Gasteiger partial charge in [-0.05, 0) is 31.2 Å². The van der Waals surface area contributed by atoms with Gasteiger partial charge in [0.1, 0.15) is 0 Å². The molecule has 1 heterocycles. The molecule has 2 aromatic rings. The number of halogens is 1. The third-order valence-corrected chi connectivity index (χ3v) is 3.77. The molecule has 20 heavy (non-hydrogen) atoms. The van der Waals surface area contributed by atoms with Crippen LogP contribution in [-0.2, 0) is 4.79 Å². The number of carbonyl (C=O) groups excluding carboxylic acids is 2. The fraction of sp³-hybridized carbons (Fsp3) is 0.125. The molecule has 1 aliphatic heterocycles. The lowest BCUT2D eigenvalue weighted by Crippen LogP contribution is -2.51. The highest BCUT2D eigenvalue weighted by molar-refractivity contribution is 6.52. The number of Topliss-reactive ketones (excluding diaryl/α,β-unsaturated/α-hetero) is 1. The van der Waals surface area contributed by atoms with Crippen LogP contribution in [0.1, 0.15) is 17.3 Å². The Bertz CT molecular complexity index is 695. The minimum Gasteiger partial charge on any atom is -0.292 e. The van der Waals surface area contributed by atoms with Gasteiger partial charge in [0.05, 0.1) is 5.69 Å². The fourth-order valence-electron chi connectivity index (χ4n) is 2.36. The molecule has 1 atom stereocenters. The third-order valence-electron chi connectivity index (χ3n) is 3.44. The van der Waals surface area contributed by atoms with Crippen LogP contribution >= 0.6 is 11.6 Å². The van der Waals surface area contributed by atoms with Gasteiger partial charge in [-0.15, -0.1) is 0 Å². The van der Waals surface area contributed by atoms with Crippen LogP contribution in [0, 0.1) is 0 Å². The molecular formula is C16H12ClNO2. The second-order valence-electron chi connectivity index (χ2n) is 4.83. The van der Waals surface area contributed by atoms with Crippen LogP contribution in [0.15, 0.2) is 54.6 Å². The van der Waals surface area contributed by atoms with E-state index in [-0.39, 0.29) is 5.78 Å². The Morgan fingerprint density at radius 1 is 0.950 bits per heavy atom. The number of hydrogen-bond donors (Lipinski definition) is 0. The lowest BCUT2D eigenvalue weighted by atomic mass is 9.90. The predicted octanol–water partition coefficient (Wildman–Crippen LogP) is 3.55. The van der Waals surface area contributed by atoms with Gasteiger partial charge in [-0.2, -0.15) is 0 Å².